The molecule has 200 valence electrons. The van der Waals surface area contributed by atoms with Crippen LogP contribution in [0.25, 0.3) is 33.9 Å². The van der Waals surface area contributed by atoms with E-state index in [9.17, 15) is 19.8 Å². The van der Waals surface area contributed by atoms with Crippen LogP contribution in [0.1, 0.15) is 40.5 Å². The van der Waals surface area contributed by atoms with Crippen LogP contribution in [0.3, 0.4) is 0 Å². The summed E-state index contributed by atoms with van der Waals surface area (Å²) in [5.41, 5.74) is 2.44. The van der Waals surface area contributed by atoms with Crippen molar-refractivity contribution in [3.63, 3.8) is 0 Å². The second kappa shape index (κ2) is 11.3. The van der Waals surface area contributed by atoms with Crippen LogP contribution in [-0.4, -0.2) is 32.1 Å². The number of pyridine rings is 2. The minimum absolute atomic E-state index is 0.0733. The number of ether oxygens (including phenoxy) is 2. The van der Waals surface area contributed by atoms with Crippen LogP contribution < -0.4 is 9.47 Å². The number of nitrogens with zero attached hydrogens (tertiary/aromatic N) is 2. The second-order valence-electron chi connectivity index (χ2n) is 9.63. The second-order valence-corrected chi connectivity index (χ2v) is 9.63. The Morgan fingerprint density at radius 2 is 1.18 bits per heavy atom. The molecule has 0 radical (unpaired) electrons. The van der Waals surface area contributed by atoms with Crippen molar-refractivity contribution in [2.45, 2.75) is 40.5 Å². The van der Waals surface area contributed by atoms with E-state index in [1.165, 1.54) is 12.1 Å². The highest BCUT2D eigenvalue weighted by molar-refractivity contribution is 5.79. The van der Waals surface area contributed by atoms with Gasteiger partial charge in [-0.1, -0.05) is 26.0 Å². The van der Waals surface area contributed by atoms with Crippen LogP contribution >= 0.6 is 0 Å². The number of benzene rings is 2. The molecule has 4 rings (SSSR count). The van der Waals surface area contributed by atoms with E-state index in [-0.39, 0.29) is 35.4 Å². The molecular formula is C31H30N2O6. The highest BCUT2D eigenvalue weighted by Crippen LogP contribution is 2.35. The molecule has 0 spiro atoms. The topological polar surface area (TPSA) is 119 Å². The molecule has 2 aromatic heterocycles. The fourth-order valence-corrected chi connectivity index (χ4v) is 3.63. The van der Waals surface area contributed by atoms with Crippen LogP contribution in [0.5, 0.6) is 23.0 Å². The molecule has 0 saturated heterocycles. The highest BCUT2D eigenvalue weighted by Gasteiger charge is 2.28. The van der Waals surface area contributed by atoms with E-state index >= 15 is 0 Å². The zero-order valence-corrected chi connectivity index (χ0v) is 22.3. The lowest BCUT2D eigenvalue weighted by Gasteiger charge is -2.20. The normalized spacial score (nSPS) is 11.2. The zero-order valence-electron chi connectivity index (χ0n) is 22.3. The molecule has 2 N–H and O–H groups in total. The minimum Gasteiger partial charge on any atom is -0.507 e. The van der Waals surface area contributed by atoms with Gasteiger partial charge in [0.1, 0.15) is 23.0 Å². The first-order valence-electron chi connectivity index (χ1n) is 12.7. The van der Waals surface area contributed by atoms with Crippen LogP contribution in [0.4, 0.5) is 0 Å². The van der Waals surface area contributed by atoms with Gasteiger partial charge in [-0.15, -0.1) is 0 Å². The molecule has 0 bridgehead atoms. The van der Waals surface area contributed by atoms with E-state index in [0.717, 1.165) is 0 Å². The monoisotopic (exact) mass is 526 g/mol. The Morgan fingerprint density at radius 3 is 1.62 bits per heavy atom. The summed E-state index contributed by atoms with van der Waals surface area (Å²) in [5.74, 6) is -0.404. The molecule has 0 aliphatic rings. The van der Waals surface area contributed by atoms with Crippen molar-refractivity contribution in [1.82, 2.24) is 9.97 Å². The van der Waals surface area contributed by atoms with Gasteiger partial charge in [-0.3, -0.25) is 9.59 Å². The summed E-state index contributed by atoms with van der Waals surface area (Å²) in [6, 6.07) is 20.0. The zero-order chi connectivity index (χ0) is 28.2. The van der Waals surface area contributed by atoms with Crippen LogP contribution in [0.2, 0.25) is 0 Å². The molecule has 0 unspecified atom stereocenters. The number of aromatic hydroxyl groups is 2. The summed E-state index contributed by atoms with van der Waals surface area (Å²) in [4.78, 5) is 33.3. The smallest absolute Gasteiger partial charge is 0.316 e. The number of esters is 2. The summed E-state index contributed by atoms with van der Waals surface area (Å²) < 4.78 is 10.6. The first-order valence-corrected chi connectivity index (χ1v) is 12.7. The number of carbonyl (C=O) groups is 2. The number of carbonyl (C=O) groups excluding carboxylic acids is 2. The predicted molar refractivity (Wildman–Crippen MR) is 147 cm³/mol. The molecule has 2 heterocycles. The van der Waals surface area contributed by atoms with E-state index in [1.807, 2.05) is 20.8 Å². The lowest BCUT2D eigenvalue weighted by molar-refractivity contribution is -0.144. The SMILES string of the molecule is CCC(=O)Oc1ccc(-c2cccc(-c3cccc(-c4ccc(OC(=O)C(C)(C)CC)cc4O)n3)n2)c(O)c1. The first-order chi connectivity index (χ1) is 18.6. The summed E-state index contributed by atoms with van der Waals surface area (Å²) in [5, 5.41) is 21.2. The third-order valence-corrected chi connectivity index (χ3v) is 6.42. The van der Waals surface area contributed by atoms with Gasteiger partial charge < -0.3 is 19.7 Å². The molecule has 0 aliphatic heterocycles. The lowest BCUT2D eigenvalue weighted by Crippen LogP contribution is -2.28. The highest BCUT2D eigenvalue weighted by atomic mass is 16.5. The van der Waals surface area contributed by atoms with Gasteiger partial charge in [-0.05, 0) is 68.8 Å². The number of phenols is 2. The molecule has 4 aromatic rings. The van der Waals surface area contributed by atoms with Crippen molar-refractivity contribution in [2.75, 3.05) is 0 Å². The van der Waals surface area contributed by atoms with Gasteiger partial charge in [0.25, 0.3) is 0 Å². The van der Waals surface area contributed by atoms with Gasteiger partial charge in [-0.2, -0.15) is 0 Å². The molecule has 0 amide bonds. The Bertz CT molecular complexity index is 1530. The first kappa shape index (κ1) is 27.3. The van der Waals surface area contributed by atoms with Gasteiger partial charge in [-0.25, -0.2) is 9.97 Å². The van der Waals surface area contributed by atoms with Crippen molar-refractivity contribution in [2.24, 2.45) is 5.41 Å². The van der Waals surface area contributed by atoms with Gasteiger partial charge in [0.2, 0.25) is 0 Å². The minimum atomic E-state index is -0.633. The van der Waals surface area contributed by atoms with E-state index in [2.05, 4.69) is 9.97 Å². The molecule has 0 aliphatic carbocycles. The fourth-order valence-electron chi connectivity index (χ4n) is 3.63. The molecule has 0 saturated carbocycles. The number of aromatic nitrogens is 2. The number of hydrogen-bond donors (Lipinski definition) is 2. The number of hydrogen-bond acceptors (Lipinski definition) is 8. The molecule has 2 aromatic carbocycles. The molecular weight excluding hydrogens is 496 g/mol. The maximum Gasteiger partial charge on any atom is 0.316 e. The lowest BCUT2D eigenvalue weighted by atomic mass is 9.91. The summed E-state index contributed by atoms with van der Waals surface area (Å²) in [7, 11) is 0. The number of rotatable bonds is 8. The van der Waals surface area contributed by atoms with Gasteiger partial charge in [0.05, 0.1) is 28.2 Å². The fraction of sp³-hybridized carbons (Fsp3) is 0.226. The average Bonchev–Trinajstić information content (AvgIpc) is 2.93. The quantitative estimate of drug-likeness (QED) is 0.196. The summed E-state index contributed by atoms with van der Waals surface area (Å²) >= 11 is 0. The van der Waals surface area contributed by atoms with E-state index in [0.29, 0.717) is 40.3 Å². The standard InChI is InChI=1S/C31H30N2O6/c1-5-29(36)38-19-13-15-21(27(34)17-19)23-9-7-11-25(32-23)26-12-8-10-24(33-26)22-16-14-20(18-28(22)35)39-30(37)31(3,4)6-2/h7-18,34-35H,5-6H2,1-4H3. The van der Waals surface area contributed by atoms with Crippen LogP contribution in [0, 0.1) is 5.41 Å². The van der Waals surface area contributed by atoms with Gasteiger partial charge in [0, 0.05) is 29.7 Å². The molecule has 39 heavy (non-hydrogen) atoms. The summed E-state index contributed by atoms with van der Waals surface area (Å²) in [6.07, 6.45) is 0.853. The van der Waals surface area contributed by atoms with Gasteiger partial charge in [0.15, 0.2) is 0 Å². The Balaban J connectivity index is 1.60. The molecule has 0 atom stereocenters. The van der Waals surface area contributed by atoms with Crippen molar-refractivity contribution in [3.8, 4) is 56.9 Å². The van der Waals surface area contributed by atoms with Crippen LogP contribution in [0.15, 0.2) is 72.8 Å². The average molecular weight is 527 g/mol. The maximum atomic E-state index is 12.4. The maximum absolute atomic E-state index is 12.4. The van der Waals surface area contributed by atoms with E-state index in [4.69, 9.17) is 9.47 Å². The Morgan fingerprint density at radius 1 is 0.718 bits per heavy atom. The molecule has 8 nitrogen and oxygen atoms in total. The predicted octanol–water partition coefficient (Wildman–Crippen LogP) is 6.55. The van der Waals surface area contributed by atoms with Crippen LogP contribution in [-0.2, 0) is 9.59 Å². The van der Waals surface area contributed by atoms with Crippen molar-refractivity contribution in [3.05, 3.63) is 72.8 Å². The largest absolute Gasteiger partial charge is 0.507 e. The van der Waals surface area contributed by atoms with Crippen molar-refractivity contribution < 1.29 is 29.3 Å². The number of phenolic OH excluding ortho intramolecular Hbond substituents is 2. The third kappa shape index (κ3) is 6.23. The molecule has 8 heteroatoms. The van der Waals surface area contributed by atoms with E-state index < -0.39 is 11.4 Å². The summed E-state index contributed by atoms with van der Waals surface area (Å²) in [6.45, 7) is 7.22. The van der Waals surface area contributed by atoms with E-state index in [1.54, 1.807) is 67.6 Å². The third-order valence-electron chi connectivity index (χ3n) is 6.42. The Hall–Kier alpha value is -4.72. The molecule has 0 fully saturated rings. The van der Waals surface area contributed by atoms with Crippen molar-refractivity contribution >= 4 is 11.9 Å². The Kier molecular flexibility index (Phi) is 7.95. The van der Waals surface area contributed by atoms with Gasteiger partial charge >= 0.3 is 11.9 Å². The van der Waals surface area contributed by atoms with Crippen molar-refractivity contribution in [1.29, 1.82) is 0 Å². The Labute approximate surface area is 226 Å².